The van der Waals surface area contributed by atoms with E-state index in [2.05, 4.69) is 15.9 Å². The summed E-state index contributed by atoms with van der Waals surface area (Å²) < 4.78 is 5.83. The molecule has 0 amide bonds. The van der Waals surface area contributed by atoms with Crippen LogP contribution in [-0.2, 0) is 16.0 Å². The standard InChI is InChI=1S/C12H13BrO2/c1-2-15-12(14)9-5-7-10-6-3-4-8-11(10)13/h3-6,8-9H,2,7H2,1H3. The van der Waals surface area contributed by atoms with Crippen LogP contribution in [-0.4, -0.2) is 12.6 Å². The summed E-state index contributed by atoms with van der Waals surface area (Å²) in [4.78, 5) is 11.0. The van der Waals surface area contributed by atoms with Gasteiger partial charge in [-0.1, -0.05) is 40.2 Å². The molecular formula is C12H13BrO2. The Bertz CT molecular complexity index is 358. The molecule has 0 saturated heterocycles. The fourth-order valence-electron chi connectivity index (χ4n) is 1.14. The van der Waals surface area contributed by atoms with Gasteiger partial charge in [-0.2, -0.15) is 0 Å². The monoisotopic (exact) mass is 268 g/mol. The Morgan fingerprint density at radius 3 is 2.87 bits per heavy atom. The summed E-state index contributed by atoms with van der Waals surface area (Å²) in [7, 11) is 0. The minimum absolute atomic E-state index is 0.287. The smallest absolute Gasteiger partial charge is 0.330 e. The molecule has 2 nitrogen and oxygen atoms in total. The Labute approximate surface area is 98.1 Å². The van der Waals surface area contributed by atoms with Crippen molar-refractivity contribution in [3.63, 3.8) is 0 Å². The summed E-state index contributed by atoms with van der Waals surface area (Å²) >= 11 is 3.44. The van der Waals surface area contributed by atoms with Crippen LogP contribution in [0.2, 0.25) is 0 Å². The number of hydrogen-bond donors (Lipinski definition) is 0. The largest absolute Gasteiger partial charge is 0.463 e. The molecule has 15 heavy (non-hydrogen) atoms. The molecule has 0 unspecified atom stereocenters. The highest BCUT2D eigenvalue weighted by molar-refractivity contribution is 9.10. The van der Waals surface area contributed by atoms with E-state index >= 15 is 0 Å². The zero-order valence-electron chi connectivity index (χ0n) is 8.57. The van der Waals surface area contributed by atoms with Crippen LogP contribution in [0.1, 0.15) is 12.5 Å². The van der Waals surface area contributed by atoms with Gasteiger partial charge in [0.2, 0.25) is 0 Å². The van der Waals surface area contributed by atoms with Crippen molar-refractivity contribution in [1.82, 2.24) is 0 Å². The summed E-state index contributed by atoms with van der Waals surface area (Å²) in [5.41, 5.74) is 1.15. The van der Waals surface area contributed by atoms with Crippen molar-refractivity contribution >= 4 is 21.9 Å². The summed E-state index contributed by atoms with van der Waals surface area (Å²) in [5, 5.41) is 0. The molecule has 1 rings (SSSR count). The predicted molar refractivity (Wildman–Crippen MR) is 63.6 cm³/mol. The van der Waals surface area contributed by atoms with Crippen LogP contribution in [0.4, 0.5) is 0 Å². The van der Waals surface area contributed by atoms with E-state index in [4.69, 9.17) is 4.74 Å². The molecule has 0 fully saturated rings. The first-order valence-corrected chi connectivity index (χ1v) is 5.60. The Kier molecular flexibility index (Phi) is 5.12. The molecular weight excluding hydrogens is 256 g/mol. The van der Waals surface area contributed by atoms with Gasteiger partial charge in [-0.05, 0) is 25.0 Å². The summed E-state index contributed by atoms with van der Waals surface area (Å²) in [6.45, 7) is 2.21. The van der Waals surface area contributed by atoms with Gasteiger partial charge in [-0.25, -0.2) is 4.79 Å². The van der Waals surface area contributed by atoms with Gasteiger partial charge < -0.3 is 4.74 Å². The van der Waals surface area contributed by atoms with Crippen molar-refractivity contribution in [3.8, 4) is 0 Å². The van der Waals surface area contributed by atoms with E-state index in [0.717, 1.165) is 16.5 Å². The Morgan fingerprint density at radius 2 is 2.20 bits per heavy atom. The number of carbonyl (C=O) groups is 1. The van der Waals surface area contributed by atoms with Crippen molar-refractivity contribution in [2.45, 2.75) is 13.3 Å². The molecule has 0 bridgehead atoms. The molecule has 80 valence electrons. The van der Waals surface area contributed by atoms with Crippen molar-refractivity contribution < 1.29 is 9.53 Å². The second kappa shape index (κ2) is 6.40. The van der Waals surface area contributed by atoms with Gasteiger partial charge in [-0.3, -0.25) is 0 Å². The fourth-order valence-corrected chi connectivity index (χ4v) is 1.58. The molecule has 0 radical (unpaired) electrons. The van der Waals surface area contributed by atoms with Gasteiger partial charge in [0.05, 0.1) is 6.61 Å². The molecule has 0 spiro atoms. The summed E-state index contributed by atoms with van der Waals surface area (Å²) in [6, 6.07) is 7.92. The molecule has 1 aromatic rings. The molecule has 0 N–H and O–H groups in total. The van der Waals surface area contributed by atoms with Crippen molar-refractivity contribution in [2.24, 2.45) is 0 Å². The Morgan fingerprint density at radius 1 is 1.47 bits per heavy atom. The maximum Gasteiger partial charge on any atom is 0.330 e. The number of halogens is 1. The normalized spacial score (nSPS) is 10.5. The third kappa shape index (κ3) is 4.30. The SMILES string of the molecule is CCOC(=O)C=CCc1ccccc1Br. The number of ether oxygens (including phenoxy) is 1. The van der Waals surface area contributed by atoms with Crippen LogP contribution in [0, 0.1) is 0 Å². The zero-order chi connectivity index (χ0) is 11.1. The number of allylic oxidation sites excluding steroid dienone is 1. The lowest BCUT2D eigenvalue weighted by Gasteiger charge is -1.99. The van der Waals surface area contributed by atoms with E-state index in [1.54, 1.807) is 13.0 Å². The number of hydrogen-bond acceptors (Lipinski definition) is 2. The highest BCUT2D eigenvalue weighted by atomic mass is 79.9. The number of benzene rings is 1. The lowest BCUT2D eigenvalue weighted by atomic mass is 10.1. The van der Waals surface area contributed by atoms with Crippen LogP contribution in [0.5, 0.6) is 0 Å². The average Bonchev–Trinajstić information content (AvgIpc) is 2.21. The molecule has 0 aliphatic heterocycles. The average molecular weight is 269 g/mol. The van der Waals surface area contributed by atoms with Gasteiger partial charge in [-0.15, -0.1) is 0 Å². The third-order valence-corrected chi connectivity index (χ3v) is 2.61. The maximum atomic E-state index is 11.0. The Balaban J connectivity index is 2.50. The molecule has 0 saturated carbocycles. The molecule has 0 aliphatic rings. The van der Waals surface area contributed by atoms with Crippen LogP contribution in [0.3, 0.4) is 0 Å². The van der Waals surface area contributed by atoms with Crippen LogP contribution in [0.25, 0.3) is 0 Å². The van der Waals surface area contributed by atoms with Crippen LogP contribution < -0.4 is 0 Å². The maximum absolute atomic E-state index is 11.0. The van der Waals surface area contributed by atoms with E-state index in [1.807, 2.05) is 24.3 Å². The summed E-state index contributed by atoms with van der Waals surface area (Å²) in [5.74, 6) is -0.287. The molecule has 0 aliphatic carbocycles. The molecule has 0 heterocycles. The van der Waals surface area contributed by atoms with E-state index < -0.39 is 0 Å². The molecule has 1 aromatic carbocycles. The van der Waals surface area contributed by atoms with Crippen molar-refractivity contribution in [2.75, 3.05) is 6.61 Å². The van der Waals surface area contributed by atoms with Crippen LogP contribution in [0.15, 0.2) is 40.9 Å². The minimum atomic E-state index is -0.287. The number of carbonyl (C=O) groups excluding carboxylic acids is 1. The van der Waals surface area contributed by atoms with E-state index in [1.165, 1.54) is 6.08 Å². The first-order valence-electron chi connectivity index (χ1n) is 4.80. The molecule has 0 atom stereocenters. The van der Waals surface area contributed by atoms with Gasteiger partial charge in [0, 0.05) is 10.5 Å². The summed E-state index contributed by atoms with van der Waals surface area (Å²) in [6.07, 6.45) is 3.99. The fraction of sp³-hybridized carbons (Fsp3) is 0.250. The lowest BCUT2D eigenvalue weighted by molar-refractivity contribution is -0.137. The first-order chi connectivity index (χ1) is 7.24. The van der Waals surface area contributed by atoms with Crippen molar-refractivity contribution in [1.29, 1.82) is 0 Å². The highest BCUT2D eigenvalue weighted by Gasteiger charge is 1.96. The highest BCUT2D eigenvalue weighted by Crippen LogP contribution is 2.16. The molecule has 3 heteroatoms. The minimum Gasteiger partial charge on any atom is -0.463 e. The van der Waals surface area contributed by atoms with E-state index in [9.17, 15) is 4.79 Å². The second-order valence-electron chi connectivity index (χ2n) is 2.95. The predicted octanol–water partition coefficient (Wildman–Crippen LogP) is 3.11. The topological polar surface area (TPSA) is 26.3 Å². The van der Waals surface area contributed by atoms with Gasteiger partial charge >= 0.3 is 5.97 Å². The molecule has 0 aromatic heterocycles. The van der Waals surface area contributed by atoms with Gasteiger partial charge in [0.1, 0.15) is 0 Å². The van der Waals surface area contributed by atoms with Crippen LogP contribution >= 0.6 is 15.9 Å². The number of esters is 1. The zero-order valence-corrected chi connectivity index (χ0v) is 10.2. The number of rotatable bonds is 4. The van der Waals surface area contributed by atoms with E-state index in [0.29, 0.717) is 6.61 Å². The quantitative estimate of drug-likeness (QED) is 0.620. The Hall–Kier alpha value is -1.09. The third-order valence-electron chi connectivity index (χ3n) is 1.84. The van der Waals surface area contributed by atoms with Gasteiger partial charge in [0.15, 0.2) is 0 Å². The van der Waals surface area contributed by atoms with E-state index in [-0.39, 0.29) is 5.97 Å². The van der Waals surface area contributed by atoms with Crippen molar-refractivity contribution in [3.05, 3.63) is 46.5 Å². The second-order valence-corrected chi connectivity index (χ2v) is 3.80. The van der Waals surface area contributed by atoms with Gasteiger partial charge in [0.25, 0.3) is 0 Å². The first kappa shape index (κ1) is 12.0. The lowest BCUT2D eigenvalue weighted by Crippen LogP contribution is -1.99.